The molecule has 4 atom stereocenters. The molecule has 104 valence electrons. The Balaban J connectivity index is 1.90. The molecule has 2 aliphatic rings. The van der Waals surface area contributed by atoms with Crippen molar-refractivity contribution < 1.29 is 20.1 Å². The minimum absolute atomic E-state index is 0.255. The van der Waals surface area contributed by atoms with E-state index in [9.17, 15) is 15.0 Å². The highest BCUT2D eigenvalue weighted by Gasteiger charge is 2.47. The van der Waals surface area contributed by atoms with Crippen LogP contribution in [0.2, 0.25) is 0 Å². The summed E-state index contributed by atoms with van der Waals surface area (Å²) in [6, 6.07) is 0. The van der Waals surface area contributed by atoms with Crippen molar-refractivity contribution in [2.45, 2.75) is 31.1 Å². The van der Waals surface area contributed by atoms with Crippen LogP contribution in [-0.2, 0) is 11.3 Å². The fourth-order valence-corrected chi connectivity index (χ4v) is 2.33. The van der Waals surface area contributed by atoms with Gasteiger partial charge in [0.1, 0.15) is 18.3 Å². The van der Waals surface area contributed by atoms with Gasteiger partial charge in [0, 0.05) is 6.54 Å². The molecule has 0 aromatic carbocycles. The van der Waals surface area contributed by atoms with Crippen molar-refractivity contribution >= 4 is 5.82 Å². The van der Waals surface area contributed by atoms with E-state index in [-0.39, 0.29) is 12.1 Å². The van der Waals surface area contributed by atoms with Gasteiger partial charge in [0.2, 0.25) is 0 Å². The molecule has 1 saturated heterocycles. The molecule has 9 nitrogen and oxygen atoms in total. The molecule has 0 bridgehead atoms. The van der Waals surface area contributed by atoms with Gasteiger partial charge in [-0.15, -0.1) is 0 Å². The van der Waals surface area contributed by atoms with E-state index >= 15 is 0 Å². The van der Waals surface area contributed by atoms with Crippen LogP contribution in [-0.4, -0.2) is 56.4 Å². The van der Waals surface area contributed by atoms with Crippen LogP contribution in [0.15, 0.2) is 11.1 Å². The molecule has 5 N–H and O–H groups in total. The molecule has 3 rings (SSSR count). The highest BCUT2D eigenvalue weighted by molar-refractivity contribution is 5.49. The predicted octanol–water partition coefficient (Wildman–Crippen LogP) is -2.97. The van der Waals surface area contributed by atoms with E-state index in [1.807, 2.05) is 0 Å². The molecule has 0 amide bonds. The Morgan fingerprint density at radius 2 is 2.26 bits per heavy atom. The first-order chi connectivity index (χ1) is 9.13. The van der Waals surface area contributed by atoms with Crippen LogP contribution in [0.4, 0.5) is 5.82 Å². The highest BCUT2D eigenvalue weighted by Crippen LogP contribution is 2.29. The first-order valence-corrected chi connectivity index (χ1v) is 5.85. The number of nitrogens with zero attached hydrogens (tertiary/aromatic N) is 2. The molecule has 1 aromatic rings. The zero-order valence-corrected chi connectivity index (χ0v) is 9.85. The van der Waals surface area contributed by atoms with Crippen molar-refractivity contribution in [1.29, 1.82) is 0 Å². The Kier molecular flexibility index (Phi) is 2.99. The van der Waals surface area contributed by atoms with Crippen LogP contribution in [0.25, 0.3) is 0 Å². The van der Waals surface area contributed by atoms with E-state index in [1.165, 1.54) is 11.3 Å². The number of fused-ring (bicyclic) bond motifs is 1. The molecule has 9 heteroatoms. The predicted molar refractivity (Wildman–Crippen MR) is 61.9 cm³/mol. The zero-order chi connectivity index (χ0) is 13.6. The summed E-state index contributed by atoms with van der Waals surface area (Å²) in [6.07, 6.45) is -2.93. The smallest absolute Gasteiger partial charge is 0.257 e. The number of hydrogen-bond acceptors (Lipinski definition) is 8. The zero-order valence-electron chi connectivity index (χ0n) is 9.85. The number of aliphatic hydroxyl groups excluding tert-OH is 3. The van der Waals surface area contributed by atoms with Gasteiger partial charge in [-0.05, 0) is 0 Å². The minimum atomic E-state index is -1.21. The number of hydrazine groups is 1. The van der Waals surface area contributed by atoms with E-state index in [1.54, 1.807) is 0 Å². The van der Waals surface area contributed by atoms with Crippen LogP contribution in [0, 0.1) is 0 Å². The van der Waals surface area contributed by atoms with Crippen molar-refractivity contribution in [3.8, 4) is 0 Å². The summed E-state index contributed by atoms with van der Waals surface area (Å²) in [5.74, 6) is 0.346. The maximum Gasteiger partial charge on any atom is 0.257 e. The molecular weight excluding hydrogens is 256 g/mol. The third-order valence-corrected chi connectivity index (χ3v) is 3.35. The quantitative estimate of drug-likeness (QED) is 0.385. The molecule has 1 fully saturated rings. The Morgan fingerprint density at radius 1 is 1.47 bits per heavy atom. The largest absolute Gasteiger partial charge is 0.394 e. The fourth-order valence-electron chi connectivity index (χ4n) is 2.33. The molecule has 0 radical (unpaired) electrons. The van der Waals surface area contributed by atoms with Crippen molar-refractivity contribution in [2.75, 3.05) is 11.6 Å². The molecule has 0 spiro atoms. The average molecular weight is 270 g/mol. The highest BCUT2D eigenvalue weighted by atomic mass is 16.6. The molecule has 1 unspecified atom stereocenters. The summed E-state index contributed by atoms with van der Waals surface area (Å²) in [7, 11) is 0. The standard InChI is InChI=1S/C10H14N4O5/c15-2-5-6(16)7(17)10(19-5)14-8-4(1-13-14)9(18)12-3-11-8/h3,5-7,10,13,15-17H,1-2H2,(H,11,12,18)/t5-,6-,7-,10?/m1/s1. The van der Waals surface area contributed by atoms with E-state index in [2.05, 4.69) is 15.4 Å². The van der Waals surface area contributed by atoms with E-state index in [0.717, 1.165) is 0 Å². The van der Waals surface area contributed by atoms with Gasteiger partial charge in [-0.3, -0.25) is 9.80 Å². The summed E-state index contributed by atoms with van der Waals surface area (Å²) in [4.78, 5) is 18.1. The van der Waals surface area contributed by atoms with Crippen LogP contribution < -0.4 is 16.0 Å². The fraction of sp³-hybridized carbons (Fsp3) is 0.600. The molecule has 19 heavy (non-hydrogen) atoms. The minimum Gasteiger partial charge on any atom is -0.394 e. The number of aliphatic hydroxyl groups is 3. The molecule has 0 saturated carbocycles. The summed E-state index contributed by atoms with van der Waals surface area (Å²) in [6.45, 7) is -0.150. The molecule has 3 heterocycles. The van der Waals surface area contributed by atoms with Crippen LogP contribution in [0.1, 0.15) is 5.56 Å². The van der Waals surface area contributed by atoms with Gasteiger partial charge >= 0.3 is 0 Å². The van der Waals surface area contributed by atoms with Gasteiger partial charge in [0.05, 0.1) is 18.5 Å². The Bertz CT molecular complexity index is 535. The SMILES string of the molecule is O=c1[nH]cnc2c1CNN2C1O[C@H](CO)[C@@H](O)[C@H]1O. The average Bonchev–Trinajstić information content (AvgIpc) is 2.94. The molecule has 0 aliphatic carbocycles. The maximum atomic E-state index is 11.6. The number of rotatable bonds is 2. The van der Waals surface area contributed by atoms with Crippen LogP contribution >= 0.6 is 0 Å². The number of H-pyrrole nitrogens is 1. The second-order valence-electron chi connectivity index (χ2n) is 4.47. The van der Waals surface area contributed by atoms with Crippen molar-refractivity contribution in [2.24, 2.45) is 0 Å². The monoisotopic (exact) mass is 270 g/mol. The number of hydrogen-bond donors (Lipinski definition) is 5. The van der Waals surface area contributed by atoms with Crippen molar-refractivity contribution in [3.63, 3.8) is 0 Å². The number of aromatic amines is 1. The second kappa shape index (κ2) is 4.54. The van der Waals surface area contributed by atoms with Gasteiger partial charge in [0.25, 0.3) is 5.56 Å². The molecule has 2 aliphatic heterocycles. The van der Waals surface area contributed by atoms with Crippen LogP contribution in [0.5, 0.6) is 0 Å². The first kappa shape index (κ1) is 12.5. The van der Waals surface area contributed by atoms with Gasteiger partial charge in [-0.25, -0.2) is 10.4 Å². The molecular formula is C10H14N4O5. The number of nitrogens with one attached hydrogen (secondary N) is 2. The Morgan fingerprint density at radius 3 is 2.95 bits per heavy atom. The third-order valence-electron chi connectivity index (χ3n) is 3.35. The lowest BCUT2D eigenvalue weighted by molar-refractivity contribution is -0.0249. The van der Waals surface area contributed by atoms with E-state index in [0.29, 0.717) is 11.4 Å². The molecule has 1 aromatic heterocycles. The number of ether oxygens (including phenoxy) is 1. The van der Waals surface area contributed by atoms with E-state index in [4.69, 9.17) is 9.84 Å². The third kappa shape index (κ3) is 1.83. The van der Waals surface area contributed by atoms with Gasteiger partial charge in [0.15, 0.2) is 12.0 Å². The van der Waals surface area contributed by atoms with Gasteiger partial charge < -0.3 is 25.0 Å². The topological polar surface area (TPSA) is 131 Å². The summed E-state index contributed by atoms with van der Waals surface area (Å²) < 4.78 is 5.38. The van der Waals surface area contributed by atoms with E-state index < -0.39 is 31.1 Å². The lowest BCUT2D eigenvalue weighted by Crippen LogP contribution is -2.49. The number of anilines is 1. The normalized spacial score (nSPS) is 33.7. The van der Waals surface area contributed by atoms with Crippen molar-refractivity contribution in [1.82, 2.24) is 15.4 Å². The van der Waals surface area contributed by atoms with Crippen molar-refractivity contribution in [3.05, 3.63) is 22.2 Å². The lowest BCUT2D eigenvalue weighted by atomic mass is 10.1. The Hall–Kier alpha value is -1.52. The maximum absolute atomic E-state index is 11.6. The summed E-state index contributed by atoms with van der Waals surface area (Å²) in [5, 5.41) is 30.1. The summed E-state index contributed by atoms with van der Waals surface area (Å²) in [5.41, 5.74) is 3.03. The summed E-state index contributed by atoms with van der Waals surface area (Å²) >= 11 is 0. The van der Waals surface area contributed by atoms with Gasteiger partial charge in [-0.1, -0.05) is 0 Å². The van der Waals surface area contributed by atoms with Crippen LogP contribution in [0.3, 0.4) is 0 Å². The number of aromatic nitrogens is 2. The first-order valence-electron chi connectivity index (χ1n) is 5.85. The lowest BCUT2D eigenvalue weighted by Gasteiger charge is -2.27. The Labute approximate surface area is 107 Å². The van der Waals surface area contributed by atoms with Gasteiger partial charge in [-0.2, -0.15) is 0 Å². The second-order valence-corrected chi connectivity index (χ2v) is 4.47.